The summed E-state index contributed by atoms with van der Waals surface area (Å²) >= 11 is 0. The molecule has 0 saturated carbocycles. The highest BCUT2D eigenvalue weighted by atomic mass is 19.4. The fourth-order valence-electron chi connectivity index (χ4n) is 7.39. The number of nitriles is 1. The molecule has 48 heavy (non-hydrogen) atoms. The van der Waals surface area contributed by atoms with Crippen molar-refractivity contribution in [2.24, 2.45) is 7.05 Å². The second-order valence-electron chi connectivity index (χ2n) is 13.5. The van der Waals surface area contributed by atoms with Gasteiger partial charge in [0.15, 0.2) is 0 Å². The number of amides is 1. The van der Waals surface area contributed by atoms with Crippen molar-refractivity contribution in [3.8, 4) is 6.07 Å². The summed E-state index contributed by atoms with van der Waals surface area (Å²) in [5, 5.41) is 20.5. The first-order chi connectivity index (χ1) is 23.0. The molecular weight excluding hydrogens is 627 g/mol. The zero-order valence-corrected chi connectivity index (χ0v) is 27.0. The molecule has 2 aromatic heterocycles. The van der Waals surface area contributed by atoms with Gasteiger partial charge in [-0.05, 0) is 54.4 Å². The molecule has 7 rings (SSSR count). The van der Waals surface area contributed by atoms with Gasteiger partial charge in [0.25, 0.3) is 5.91 Å². The van der Waals surface area contributed by atoms with Crippen molar-refractivity contribution in [3.63, 3.8) is 0 Å². The lowest BCUT2D eigenvalue weighted by molar-refractivity contribution is -0.138. The van der Waals surface area contributed by atoms with Gasteiger partial charge in [-0.15, -0.1) is 10.2 Å². The molecule has 0 bridgehead atoms. The van der Waals surface area contributed by atoms with Crippen LogP contribution in [0.3, 0.4) is 0 Å². The fourth-order valence-corrected chi connectivity index (χ4v) is 7.39. The molecule has 1 aromatic carbocycles. The number of aryl methyl sites for hydroxylation is 1. The standard InChI is InChI=1S/C33H38F3N9O3/c1-42-8-9-48-32(17-42)4-7-44(18-32)15-22-10-24-25(26(11-22)33(34,35)36)16-45(30(24)46)28-13-23(12-27(40-28)38-6-3-5-37)31(19-47-20-31)14-29-41-39-21-43(29)2/h10-13,21H,3-4,6-9,14-20H2,1-2H3,(H,38,40). The summed E-state index contributed by atoms with van der Waals surface area (Å²) in [5.41, 5.74) is -0.411. The maximum Gasteiger partial charge on any atom is 0.416 e. The number of likely N-dealkylation sites (tertiary alicyclic amines) is 1. The molecule has 15 heteroatoms. The summed E-state index contributed by atoms with van der Waals surface area (Å²) < 4.78 is 57.4. The van der Waals surface area contributed by atoms with Crippen molar-refractivity contribution in [1.82, 2.24) is 29.5 Å². The van der Waals surface area contributed by atoms with Crippen molar-refractivity contribution in [3.05, 3.63) is 64.2 Å². The van der Waals surface area contributed by atoms with Gasteiger partial charge in [-0.25, -0.2) is 4.98 Å². The predicted molar refractivity (Wildman–Crippen MR) is 168 cm³/mol. The van der Waals surface area contributed by atoms with Crippen molar-refractivity contribution < 1.29 is 27.4 Å². The molecule has 254 valence electrons. The monoisotopic (exact) mass is 665 g/mol. The van der Waals surface area contributed by atoms with Crippen molar-refractivity contribution >= 4 is 17.5 Å². The first kappa shape index (κ1) is 32.4. The van der Waals surface area contributed by atoms with Crippen molar-refractivity contribution in [1.29, 1.82) is 5.26 Å². The average Bonchev–Trinajstić information content (AvgIpc) is 3.70. The quantitative estimate of drug-likeness (QED) is 0.341. The number of nitrogens with one attached hydrogen (secondary N) is 1. The van der Waals surface area contributed by atoms with Crippen LogP contribution in [0.2, 0.25) is 0 Å². The molecule has 1 N–H and O–H groups in total. The van der Waals surface area contributed by atoms with Crippen LogP contribution in [0.1, 0.15) is 51.3 Å². The third-order valence-electron chi connectivity index (χ3n) is 9.95. The van der Waals surface area contributed by atoms with Crippen LogP contribution in [0.25, 0.3) is 0 Å². The molecule has 1 spiro atoms. The number of carbonyl (C=O) groups excluding carboxylic acids is 1. The number of pyridine rings is 1. The first-order valence-corrected chi connectivity index (χ1v) is 16.1. The number of halogens is 3. The van der Waals surface area contributed by atoms with Gasteiger partial charge in [0, 0.05) is 63.7 Å². The Morgan fingerprint density at radius 2 is 1.96 bits per heavy atom. The Hall–Kier alpha value is -4.10. The Morgan fingerprint density at radius 1 is 1.12 bits per heavy atom. The summed E-state index contributed by atoms with van der Waals surface area (Å²) in [6.45, 7) is 4.68. The lowest BCUT2D eigenvalue weighted by Gasteiger charge is -2.42. The highest BCUT2D eigenvalue weighted by Crippen LogP contribution is 2.42. The largest absolute Gasteiger partial charge is 0.416 e. The van der Waals surface area contributed by atoms with Crippen LogP contribution < -0.4 is 10.2 Å². The van der Waals surface area contributed by atoms with Crippen LogP contribution in [-0.4, -0.2) is 101 Å². The van der Waals surface area contributed by atoms with E-state index in [0.717, 1.165) is 30.9 Å². The van der Waals surface area contributed by atoms with E-state index >= 15 is 0 Å². The fraction of sp³-hybridized carbons (Fsp3) is 0.545. The lowest BCUT2D eigenvalue weighted by atomic mass is 9.75. The molecule has 3 saturated heterocycles. The Balaban J connectivity index is 1.20. The van der Waals surface area contributed by atoms with E-state index < -0.39 is 23.1 Å². The average molecular weight is 666 g/mol. The van der Waals surface area contributed by atoms with E-state index in [9.17, 15) is 18.0 Å². The molecule has 4 aliphatic rings. The number of nitrogens with zero attached hydrogens (tertiary/aromatic N) is 8. The SMILES string of the molecule is CN1CCOC2(CCN(Cc3cc4c(c(C(F)(F)F)c3)CN(c3cc(C5(Cc6nncn6C)COC5)cc(NCCC#N)n3)C4=O)C2)C1. The number of benzene rings is 1. The number of alkyl halides is 3. The zero-order valence-electron chi connectivity index (χ0n) is 27.0. The van der Waals surface area contributed by atoms with Crippen LogP contribution in [0.4, 0.5) is 24.8 Å². The molecule has 1 atom stereocenters. The Morgan fingerprint density at radius 3 is 2.65 bits per heavy atom. The summed E-state index contributed by atoms with van der Waals surface area (Å²) in [6, 6.07) is 8.50. The molecule has 1 amide bonds. The maximum atomic E-state index is 14.6. The number of anilines is 2. The zero-order chi connectivity index (χ0) is 33.7. The molecule has 6 heterocycles. The smallest absolute Gasteiger partial charge is 0.379 e. The van der Waals surface area contributed by atoms with E-state index in [0.29, 0.717) is 57.3 Å². The molecule has 3 fully saturated rings. The molecular formula is C33H38F3N9O3. The minimum absolute atomic E-state index is 0.0364. The molecule has 3 aromatic rings. The van der Waals surface area contributed by atoms with Gasteiger partial charge in [-0.3, -0.25) is 14.6 Å². The van der Waals surface area contributed by atoms with E-state index in [4.69, 9.17) is 14.7 Å². The van der Waals surface area contributed by atoms with E-state index in [2.05, 4.69) is 36.4 Å². The number of aromatic nitrogens is 4. The number of fused-ring (bicyclic) bond motifs is 1. The van der Waals surface area contributed by atoms with E-state index in [1.165, 1.54) is 11.0 Å². The van der Waals surface area contributed by atoms with Crippen molar-refractivity contribution in [2.75, 3.05) is 69.8 Å². The van der Waals surface area contributed by atoms with Crippen LogP contribution >= 0.6 is 0 Å². The van der Waals surface area contributed by atoms with Gasteiger partial charge >= 0.3 is 6.18 Å². The molecule has 0 aliphatic carbocycles. The minimum atomic E-state index is -4.65. The molecule has 0 radical (unpaired) electrons. The second-order valence-corrected chi connectivity index (χ2v) is 13.5. The number of likely N-dealkylation sites (N-methyl/N-ethyl adjacent to an activating group) is 1. The number of ether oxygens (including phenoxy) is 2. The van der Waals surface area contributed by atoms with E-state index in [-0.39, 0.29) is 42.1 Å². The van der Waals surface area contributed by atoms with Crippen LogP contribution in [-0.2, 0) is 47.6 Å². The van der Waals surface area contributed by atoms with Crippen molar-refractivity contribution in [2.45, 2.75) is 49.5 Å². The Kier molecular flexibility index (Phi) is 8.39. The summed E-state index contributed by atoms with van der Waals surface area (Å²) in [5.74, 6) is 0.856. The normalized spacial score (nSPS) is 22.6. The van der Waals surface area contributed by atoms with Crippen LogP contribution in [0.5, 0.6) is 0 Å². The predicted octanol–water partition coefficient (Wildman–Crippen LogP) is 3.13. The van der Waals surface area contributed by atoms with Crippen LogP contribution in [0, 0.1) is 11.3 Å². The first-order valence-electron chi connectivity index (χ1n) is 16.1. The Labute approximate surface area is 276 Å². The van der Waals surface area contributed by atoms with E-state index in [1.807, 2.05) is 24.7 Å². The minimum Gasteiger partial charge on any atom is -0.379 e. The summed E-state index contributed by atoms with van der Waals surface area (Å²) in [6.07, 6.45) is -1.51. The highest BCUT2D eigenvalue weighted by Gasteiger charge is 2.45. The topological polar surface area (TPSA) is 125 Å². The molecule has 1 unspecified atom stereocenters. The van der Waals surface area contributed by atoms with Gasteiger partial charge in [0.2, 0.25) is 0 Å². The summed E-state index contributed by atoms with van der Waals surface area (Å²) in [7, 11) is 3.90. The molecule has 4 aliphatic heterocycles. The number of rotatable bonds is 9. The van der Waals surface area contributed by atoms with E-state index in [1.54, 1.807) is 18.5 Å². The number of morpholine rings is 1. The molecule has 12 nitrogen and oxygen atoms in total. The Bertz CT molecular complexity index is 1750. The number of carbonyl (C=O) groups is 1. The van der Waals surface area contributed by atoms with Crippen LogP contribution in [0.15, 0.2) is 30.6 Å². The van der Waals surface area contributed by atoms with Gasteiger partial charge < -0.3 is 24.3 Å². The van der Waals surface area contributed by atoms with Gasteiger partial charge in [-0.2, -0.15) is 18.4 Å². The second kappa shape index (κ2) is 12.4. The third-order valence-corrected chi connectivity index (χ3v) is 9.95. The summed E-state index contributed by atoms with van der Waals surface area (Å²) in [4.78, 5) is 24.3. The highest BCUT2D eigenvalue weighted by molar-refractivity contribution is 6.10. The van der Waals surface area contributed by atoms with Gasteiger partial charge in [-0.1, -0.05) is 0 Å². The lowest BCUT2D eigenvalue weighted by Crippen LogP contribution is -2.51. The third kappa shape index (κ3) is 6.13. The van der Waals surface area contributed by atoms with Gasteiger partial charge in [0.05, 0.1) is 50.0 Å². The maximum absolute atomic E-state index is 14.6. The number of hydrogen-bond acceptors (Lipinski definition) is 10. The number of hydrogen-bond donors (Lipinski definition) is 1. The van der Waals surface area contributed by atoms with Gasteiger partial charge in [0.1, 0.15) is 23.8 Å².